The third-order valence-corrected chi connectivity index (χ3v) is 7.15. The summed E-state index contributed by atoms with van der Waals surface area (Å²) in [5.74, 6) is -0.782. The number of aliphatic carboxylic acids is 1. The fourth-order valence-corrected chi connectivity index (χ4v) is 6.27. The van der Waals surface area contributed by atoms with Gasteiger partial charge in [0.1, 0.15) is 0 Å². The van der Waals surface area contributed by atoms with Gasteiger partial charge in [0.25, 0.3) is 0 Å². The molecular formula is C22H30O4. The summed E-state index contributed by atoms with van der Waals surface area (Å²) in [5, 5.41) is 19.0. The van der Waals surface area contributed by atoms with Crippen LogP contribution in [0.5, 0.6) is 0 Å². The molecule has 0 spiro atoms. The third kappa shape index (κ3) is 2.25. The van der Waals surface area contributed by atoms with Crippen LogP contribution in [0.15, 0.2) is 47.1 Å². The van der Waals surface area contributed by atoms with E-state index in [2.05, 4.69) is 46.8 Å². The first-order valence-corrected chi connectivity index (χ1v) is 9.27. The number of ether oxygens (including phenoxy) is 1. The van der Waals surface area contributed by atoms with Crippen LogP contribution in [0.1, 0.15) is 41.5 Å². The van der Waals surface area contributed by atoms with Crippen molar-refractivity contribution in [3.05, 3.63) is 47.1 Å². The third-order valence-electron chi connectivity index (χ3n) is 7.15. The van der Waals surface area contributed by atoms with Crippen LogP contribution in [-0.4, -0.2) is 35.0 Å². The Labute approximate surface area is 155 Å². The predicted molar refractivity (Wildman–Crippen MR) is 102 cm³/mol. The van der Waals surface area contributed by atoms with Crippen LogP contribution in [0.25, 0.3) is 0 Å². The lowest BCUT2D eigenvalue weighted by molar-refractivity contribution is -0.131. The summed E-state index contributed by atoms with van der Waals surface area (Å²) in [7, 11) is 0. The molecule has 1 aliphatic heterocycles. The van der Waals surface area contributed by atoms with E-state index in [0.717, 1.165) is 11.1 Å². The Kier molecular flexibility index (Phi) is 4.36. The van der Waals surface area contributed by atoms with Gasteiger partial charge in [-0.3, -0.25) is 0 Å². The number of rotatable bonds is 4. The molecule has 2 aliphatic carbocycles. The molecule has 4 heteroatoms. The Morgan fingerprint density at radius 3 is 2.42 bits per heavy atom. The van der Waals surface area contributed by atoms with Crippen LogP contribution in [0.4, 0.5) is 0 Å². The van der Waals surface area contributed by atoms with Gasteiger partial charge in [-0.15, -0.1) is 0 Å². The summed E-state index contributed by atoms with van der Waals surface area (Å²) < 4.78 is 6.55. The molecule has 4 nitrogen and oxygen atoms in total. The number of carbonyl (C=O) groups is 1. The summed E-state index contributed by atoms with van der Waals surface area (Å²) in [5.41, 5.74) is 2.45. The fourth-order valence-electron chi connectivity index (χ4n) is 6.27. The van der Waals surface area contributed by atoms with E-state index >= 15 is 0 Å². The average molecular weight is 358 g/mol. The van der Waals surface area contributed by atoms with Crippen molar-refractivity contribution in [2.24, 2.45) is 22.2 Å². The van der Waals surface area contributed by atoms with Gasteiger partial charge >= 0.3 is 5.97 Å². The maximum atomic E-state index is 11.2. The molecule has 0 unspecified atom stereocenters. The topological polar surface area (TPSA) is 66.8 Å². The summed E-state index contributed by atoms with van der Waals surface area (Å²) in [6, 6.07) is 0. The fraction of sp³-hybridized carbons (Fsp3) is 0.591. The number of aliphatic hydroxyl groups excluding tert-OH is 1. The lowest BCUT2D eigenvalue weighted by Crippen LogP contribution is -2.51. The molecular weight excluding hydrogens is 328 g/mol. The molecule has 1 saturated heterocycles. The highest BCUT2D eigenvalue weighted by molar-refractivity contribution is 5.80. The van der Waals surface area contributed by atoms with Crippen molar-refractivity contribution < 1.29 is 19.7 Å². The maximum absolute atomic E-state index is 11.2. The van der Waals surface area contributed by atoms with Crippen LogP contribution < -0.4 is 0 Å². The van der Waals surface area contributed by atoms with Crippen molar-refractivity contribution in [1.82, 2.24) is 0 Å². The molecule has 0 saturated carbocycles. The molecule has 0 aromatic heterocycles. The molecule has 0 bridgehead atoms. The number of aliphatic hydroxyl groups is 1. The predicted octanol–water partition coefficient (Wildman–Crippen LogP) is 3.89. The number of allylic oxidation sites excluding steroid dienone is 4. The zero-order valence-electron chi connectivity index (χ0n) is 16.5. The van der Waals surface area contributed by atoms with Gasteiger partial charge in [-0.1, -0.05) is 50.6 Å². The van der Waals surface area contributed by atoms with E-state index in [1.54, 1.807) is 0 Å². The zero-order chi connectivity index (χ0) is 19.5. The first-order chi connectivity index (χ1) is 12.0. The van der Waals surface area contributed by atoms with Gasteiger partial charge in [0, 0.05) is 28.2 Å². The van der Waals surface area contributed by atoms with Crippen molar-refractivity contribution in [1.29, 1.82) is 0 Å². The summed E-state index contributed by atoms with van der Waals surface area (Å²) in [6.45, 7) is 12.7. The van der Waals surface area contributed by atoms with Crippen LogP contribution in [0.2, 0.25) is 0 Å². The van der Waals surface area contributed by atoms with Gasteiger partial charge in [-0.2, -0.15) is 0 Å². The minimum absolute atomic E-state index is 0.0178. The smallest absolute Gasteiger partial charge is 0.328 e. The van der Waals surface area contributed by atoms with E-state index in [4.69, 9.17) is 9.84 Å². The summed E-state index contributed by atoms with van der Waals surface area (Å²) >= 11 is 0. The quantitative estimate of drug-likeness (QED) is 0.591. The zero-order valence-corrected chi connectivity index (χ0v) is 16.5. The van der Waals surface area contributed by atoms with Gasteiger partial charge in [0.15, 0.2) is 0 Å². The van der Waals surface area contributed by atoms with Crippen molar-refractivity contribution in [2.75, 3.05) is 6.61 Å². The first kappa shape index (κ1) is 19.1. The Morgan fingerprint density at radius 2 is 1.88 bits per heavy atom. The molecule has 0 aromatic carbocycles. The lowest BCUT2D eigenvalue weighted by atomic mass is 9.50. The standard InChI is InChI=1S/C22H30O4/c1-7-15(12-23)19-21(5)11-13(2)17-20(4,9-8-16(24)25)10-14(3)18(26-19)22(17,21)6/h7-11,17-19,23H,12H2,1-6H3,(H,24,25)/b9-8+,15-7-/t17-,18+,19-,20-,21+,22-/m1/s1. The molecule has 0 amide bonds. The molecule has 0 aromatic rings. The van der Waals surface area contributed by atoms with Crippen LogP contribution >= 0.6 is 0 Å². The Balaban J connectivity index is 2.20. The van der Waals surface area contributed by atoms with Gasteiger partial charge in [-0.25, -0.2) is 4.79 Å². The van der Waals surface area contributed by atoms with Gasteiger partial charge < -0.3 is 14.9 Å². The highest BCUT2D eigenvalue weighted by Crippen LogP contribution is 2.71. The SMILES string of the molecule is C/C=C(/CO)[C@H]1O[C@H]2C(C)=C[C@@](C)(/C=C/C(=O)O)[C@H]3C(C)=C[C@]1(C)[C@@]23C. The highest BCUT2D eigenvalue weighted by Gasteiger charge is 2.71. The van der Waals surface area contributed by atoms with Gasteiger partial charge in [0.2, 0.25) is 0 Å². The van der Waals surface area contributed by atoms with Crippen molar-refractivity contribution in [3.8, 4) is 0 Å². The molecule has 3 rings (SSSR count). The monoisotopic (exact) mass is 358 g/mol. The minimum Gasteiger partial charge on any atom is -0.478 e. The van der Waals surface area contributed by atoms with E-state index in [0.29, 0.717) is 0 Å². The van der Waals surface area contributed by atoms with E-state index in [-0.39, 0.29) is 41.0 Å². The molecule has 142 valence electrons. The van der Waals surface area contributed by atoms with Crippen molar-refractivity contribution >= 4 is 5.97 Å². The van der Waals surface area contributed by atoms with Crippen LogP contribution in [0, 0.1) is 22.2 Å². The Bertz CT molecular complexity index is 758. The second-order valence-corrected chi connectivity index (χ2v) is 8.73. The second-order valence-electron chi connectivity index (χ2n) is 8.73. The maximum Gasteiger partial charge on any atom is 0.328 e. The van der Waals surface area contributed by atoms with E-state index in [1.165, 1.54) is 11.6 Å². The van der Waals surface area contributed by atoms with Crippen LogP contribution in [-0.2, 0) is 9.53 Å². The molecule has 26 heavy (non-hydrogen) atoms. The summed E-state index contributed by atoms with van der Waals surface area (Å²) in [6.07, 6.45) is 9.28. The largest absolute Gasteiger partial charge is 0.478 e. The van der Waals surface area contributed by atoms with Crippen molar-refractivity contribution in [2.45, 2.75) is 53.8 Å². The normalized spacial score (nSPS) is 44.9. The number of hydrogen-bond donors (Lipinski definition) is 2. The molecule has 1 fully saturated rings. The molecule has 0 radical (unpaired) electrons. The van der Waals surface area contributed by atoms with Crippen molar-refractivity contribution in [3.63, 3.8) is 0 Å². The molecule has 3 aliphatic rings. The number of hydrogen-bond acceptors (Lipinski definition) is 3. The van der Waals surface area contributed by atoms with Crippen LogP contribution in [0.3, 0.4) is 0 Å². The average Bonchev–Trinajstić information content (AvgIpc) is 2.89. The Morgan fingerprint density at radius 1 is 1.23 bits per heavy atom. The lowest BCUT2D eigenvalue weighted by Gasteiger charge is -2.52. The van der Waals surface area contributed by atoms with Gasteiger partial charge in [-0.05, 0) is 31.9 Å². The Hall–Kier alpha value is -1.65. The number of carboxylic acids is 1. The van der Waals surface area contributed by atoms with E-state index in [1.807, 2.05) is 19.1 Å². The minimum atomic E-state index is -0.927. The summed E-state index contributed by atoms with van der Waals surface area (Å²) in [4.78, 5) is 11.2. The van der Waals surface area contributed by atoms with E-state index in [9.17, 15) is 9.90 Å². The highest BCUT2D eigenvalue weighted by atomic mass is 16.5. The molecule has 2 N–H and O–H groups in total. The van der Waals surface area contributed by atoms with E-state index < -0.39 is 5.97 Å². The molecule has 6 atom stereocenters. The molecule has 1 heterocycles. The van der Waals surface area contributed by atoms with Gasteiger partial charge in [0.05, 0.1) is 18.8 Å². The second kappa shape index (κ2) is 5.93. The number of carboxylic acid groups (broad SMARTS) is 1. The first-order valence-electron chi connectivity index (χ1n) is 9.27.